The lowest BCUT2D eigenvalue weighted by Gasteiger charge is -2.64. The second-order valence-electron chi connectivity index (χ2n) is 18.8. The van der Waals surface area contributed by atoms with Crippen LogP contribution in [0, 0.1) is 11.8 Å². The van der Waals surface area contributed by atoms with Crippen molar-refractivity contribution in [2.45, 2.75) is 61.2 Å². The van der Waals surface area contributed by atoms with Gasteiger partial charge < -0.3 is 0 Å². The number of hydrogen-bond acceptors (Lipinski definition) is 0. The van der Waals surface area contributed by atoms with Crippen molar-refractivity contribution < 1.29 is 0 Å². The van der Waals surface area contributed by atoms with Gasteiger partial charge in [0.15, 0.2) is 0 Å². The van der Waals surface area contributed by atoms with Crippen LogP contribution in [0.4, 0.5) is 0 Å². The van der Waals surface area contributed by atoms with Crippen molar-refractivity contribution >= 4 is 21.5 Å². The molecule has 0 saturated heterocycles. The lowest BCUT2D eigenvalue weighted by Crippen LogP contribution is -2.59. The zero-order valence-electron chi connectivity index (χ0n) is 31.7. The minimum Gasteiger partial charge on any atom is -0.0622 e. The Morgan fingerprint density at radius 3 is 1.23 bits per heavy atom. The molecule has 8 atom stereocenters. The molecule has 7 aliphatic carbocycles. The van der Waals surface area contributed by atoms with Crippen molar-refractivity contribution in [2.24, 2.45) is 11.8 Å². The summed E-state index contributed by atoms with van der Waals surface area (Å²) in [7, 11) is 0. The molecule has 0 unspecified atom stereocenters. The van der Waals surface area contributed by atoms with Gasteiger partial charge in [-0.2, -0.15) is 0 Å². The maximum atomic E-state index is 2.78. The molecule has 0 heteroatoms. The largest absolute Gasteiger partial charge is 0.0622 e. The van der Waals surface area contributed by atoms with E-state index in [9.17, 15) is 0 Å². The maximum Gasteiger partial charge on any atom is 0.0108 e. The highest BCUT2D eigenvalue weighted by molar-refractivity contribution is 6.15. The number of rotatable bonds is 2. The van der Waals surface area contributed by atoms with E-state index in [0.29, 0.717) is 35.5 Å². The Hall–Kier alpha value is -5.72. The number of fused-ring (bicyclic) bond motifs is 10. The molecule has 0 heterocycles. The zero-order chi connectivity index (χ0) is 36.4. The van der Waals surface area contributed by atoms with E-state index < -0.39 is 0 Å². The van der Waals surface area contributed by atoms with Crippen LogP contribution >= 0.6 is 0 Å². The maximum absolute atomic E-state index is 2.78. The molecule has 1 fully saturated rings. The molecule has 7 aliphatic rings. The van der Waals surface area contributed by atoms with Crippen LogP contribution in [0.5, 0.6) is 0 Å². The first-order chi connectivity index (χ1) is 27.6. The molecule has 0 aromatic heterocycles. The smallest absolute Gasteiger partial charge is 0.0108 e. The van der Waals surface area contributed by atoms with Gasteiger partial charge in [-0.3, -0.25) is 0 Å². The number of benzene rings is 8. The van der Waals surface area contributed by atoms with Crippen LogP contribution in [0.2, 0.25) is 0 Å². The van der Waals surface area contributed by atoms with E-state index >= 15 is 0 Å². The molecule has 264 valence electrons. The molecule has 0 bridgehead atoms. The summed E-state index contributed by atoms with van der Waals surface area (Å²) < 4.78 is 0. The average Bonchev–Trinajstić information content (AvgIpc) is 3.91. The Balaban J connectivity index is 1.11. The summed E-state index contributed by atoms with van der Waals surface area (Å²) in [6.07, 6.45) is 2.48. The van der Waals surface area contributed by atoms with E-state index in [-0.39, 0.29) is 10.8 Å². The van der Waals surface area contributed by atoms with Gasteiger partial charge in [-0.1, -0.05) is 159 Å². The van der Waals surface area contributed by atoms with Crippen LogP contribution < -0.4 is 0 Å². The lowest BCUT2D eigenvalue weighted by atomic mass is 9.39. The second-order valence-corrected chi connectivity index (χ2v) is 18.8. The Kier molecular flexibility index (Phi) is 4.98. The van der Waals surface area contributed by atoms with Crippen LogP contribution in [-0.2, 0) is 10.8 Å². The van der Waals surface area contributed by atoms with E-state index in [0.717, 1.165) is 0 Å². The summed E-state index contributed by atoms with van der Waals surface area (Å²) in [6, 6.07) is 56.8. The second kappa shape index (κ2) is 9.45. The summed E-state index contributed by atoms with van der Waals surface area (Å²) in [6.45, 7) is 5.56. The van der Waals surface area contributed by atoms with Crippen molar-refractivity contribution in [1.82, 2.24) is 0 Å². The minimum atomic E-state index is 0.0412. The van der Waals surface area contributed by atoms with Gasteiger partial charge in [0.25, 0.3) is 0 Å². The summed E-state index contributed by atoms with van der Waals surface area (Å²) in [5.41, 5.74) is 25.0. The van der Waals surface area contributed by atoms with Crippen molar-refractivity contribution in [1.29, 1.82) is 0 Å². The molecule has 1 saturated carbocycles. The first kappa shape index (κ1) is 29.6. The SMILES string of the molecule is C[C@@]12c3c4c5c(-c6ccccc6)c6cccc(c36)[C@@H]1[C@@H]1c3cccc6c(-c7ccccc7)c7c8c(c36)[C@]1(C)[C@H](C[C@H]8c1ccccc1-7)[C@@H]2C[C@@H]4c1ccccc1-5. The fourth-order valence-corrected chi connectivity index (χ4v) is 15.7. The van der Waals surface area contributed by atoms with Crippen molar-refractivity contribution in [3.05, 3.63) is 190 Å². The third-order valence-electron chi connectivity index (χ3n) is 17.2. The quantitative estimate of drug-likeness (QED) is 0.167. The third-order valence-corrected chi connectivity index (χ3v) is 17.2. The van der Waals surface area contributed by atoms with Crippen molar-refractivity contribution in [3.8, 4) is 44.5 Å². The zero-order valence-corrected chi connectivity index (χ0v) is 31.7. The molecule has 0 amide bonds. The molecular weight excluding hydrogens is 673 g/mol. The topological polar surface area (TPSA) is 0 Å². The van der Waals surface area contributed by atoms with Gasteiger partial charge in [-0.15, -0.1) is 0 Å². The Morgan fingerprint density at radius 2 is 0.786 bits per heavy atom. The molecule has 0 radical (unpaired) electrons. The van der Waals surface area contributed by atoms with E-state index in [1.807, 2.05) is 0 Å². The van der Waals surface area contributed by atoms with E-state index in [1.54, 1.807) is 55.3 Å². The first-order valence-electron chi connectivity index (χ1n) is 21.2. The van der Waals surface area contributed by atoms with Gasteiger partial charge in [0, 0.05) is 34.5 Å². The van der Waals surface area contributed by atoms with E-state index in [4.69, 9.17) is 0 Å². The van der Waals surface area contributed by atoms with Gasteiger partial charge in [0.05, 0.1) is 0 Å². The Labute approximate surface area is 327 Å². The number of hydrogen-bond donors (Lipinski definition) is 0. The van der Waals surface area contributed by atoms with Gasteiger partial charge >= 0.3 is 0 Å². The predicted octanol–water partition coefficient (Wildman–Crippen LogP) is 14.0. The Bertz CT molecular complexity index is 2930. The summed E-state index contributed by atoms with van der Waals surface area (Å²) >= 11 is 0. The molecular formula is C56H40. The molecule has 8 aromatic rings. The van der Waals surface area contributed by atoms with E-state index in [2.05, 4.69) is 159 Å². The molecule has 15 rings (SSSR count). The molecule has 56 heavy (non-hydrogen) atoms. The lowest BCUT2D eigenvalue weighted by molar-refractivity contribution is -0.00633. The summed E-state index contributed by atoms with van der Waals surface area (Å²) in [5.74, 6) is 2.86. The molecule has 8 aromatic carbocycles. The van der Waals surface area contributed by atoms with Gasteiger partial charge in [0.2, 0.25) is 0 Å². The van der Waals surface area contributed by atoms with Gasteiger partial charge in [-0.25, -0.2) is 0 Å². The van der Waals surface area contributed by atoms with Crippen LogP contribution in [0.25, 0.3) is 66.1 Å². The fraction of sp³-hybridized carbons (Fsp3) is 0.214. The molecule has 0 nitrogen and oxygen atoms in total. The highest BCUT2D eigenvalue weighted by Gasteiger charge is 2.72. The highest BCUT2D eigenvalue weighted by Crippen LogP contribution is 2.81. The fourth-order valence-electron chi connectivity index (χ4n) is 15.7. The van der Waals surface area contributed by atoms with Crippen LogP contribution in [0.3, 0.4) is 0 Å². The summed E-state index contributed by atoms with van der Waals surface area (Å²) in [4.78, 5) is 0. The van der Waals surface area contributed by atoms with Crippen molar-refractivity contribution in [3.63, 3.8) is 0 Å². The minimum absolute atomic E-state index is 0.0412. The van der Waals surface area contributed by atoms with Gasteiger partial charge in [-0.05, 0) is 135 Å². The predicted molar refractivity (Wildman–Crippen MR) is 230 cm³/mol. The molecule has 0 spiro atoms. The normalized spacial score (nSPS) is 29.2. The van der Waals surface area contributed by atoms with Crippen molar-refractivity contribution in [2.75, 3.05) is 0 Å². The van der Waals surface area contributed by atoms with Gasteiger partial charge in [0.1, 0.15) is 0 Å². The Morgan fingerprint density at radius 1 is 0.393 bits per heavy atom. The van der Waals surface area contributed by atoms with Crippen LogP contribution in [0.1, 0.15) is 94.9 Å². The molecule has 0 N–H and O–H groups in total. The summed E-state index contributed by atoms with van der Waals surface area (Å²) in [5, 5.41) is 6.15. The van der Waals surface area contributed by atoms with E-state index in [1.165, 1.54) is 68.1 Å². The highest BCUT2D eigenvalue weighted by atomic mass is 14.7. The standard InChI is InChI=1S/C56H40/c1-55-41-27-39-31-19-9-11-21-33(31)47-43(29-15-5-3-6-16-29)35-23-13-25-37(45(35)53(55)49(39)47)51(55)52-38-26-14-24-36-44(30-17-7-4-8-18-30)48-34-22-12-10-20-32(34)40-28-42(41)56(52,2)54(46(36)38)50(40)48/h3-26,39-42,51-52H,27-28H2,1-2H3/t39-,40+,41+,42-,51-,52+,55+,56-. The third kappa shape index (κ3) is 2.92. The van der Waals surface area contributed by atoms with Crippen LogP contribution in [-0.4, -0.2) is 0 Å². The first-order valence-corrected chi connectivity index (χ1v) is 21.2. The van der Waals surface area contributed by atoms with Crippen LogP contribution in [0.15, 0.2) is 146 Å². The monoisotopic (exact) mass is 712 g/mol. The average molecular weight is 713 g/mol. The molecule has 0 aliphatic heterocycles.